The van der Waals surface area contributed by atoms with Crippen LogP contribution in [0.15, 0.2) is 12.1 Å². The van der Waals surface area contributed by atoms with Gasteiger partial charge in [-0.3, -0.25) is 4.79 Å². The maximum atomic E-state index is 12.0. The van der Waals surface area contributed by atoms with Gasteiger partial charge in [-0.25, -0.2) is 4.79 Å². The number of carbonyl (C=O) groups excluding carboxylic acids is 2. The fourth-order valence-electron chi connectivity index (χ4n) is 1.69. The maximum absolute atomic E-state index is 12.0. The third-order valence-corrected chi connectivity index (χ3v) is 3.13. The predicted molar refractivity (Wildman–Crippen MR) is 87.7 cm³/mol. The van der Waals surface area contributed by atoms with Crippen molar-refractivity contribution in [1.82, 2.24) is 5.32 Å². The lowest BCUT2D eigenvalue weighted by atomic mass is 10.2. The van der Waals surface area contributed by atoms with Crippen molar-refractivity contribution in [3.05, 3.63) is 22.7 Å². The van der Waals surface area contributed by atoms with E-state index < -0.39 is 31.2 Å². The van der Waals surface area contributed by atoms with E-state index in [0.29, 0.717) is 6.61 Å². The second-order valence-corrected chi connectivity index (χ2v) is 6.07. The van der Waals surface area contributed by atoms with Crippen LogP contribution in [0.4, 0.5) is 13.2 Å². The summed E-state index contributed by atoms with van der Waals surface area (Å²) >= 11 is 6.09. The minimum Gasteiger partial charge on any atom is -0.493 e. The predicted octanol–water partition coefficient (Wildman–Crippen LogP) is 3.22. The number of alkyl halides is 3. The second-order valence-electron chi connectivity index (χ2n) is 5.66. The molecule has 0 radical (unpaired) electrons. The quantitative estimate of drug-likeness (QED) is 0.682. The van der Waals surface area contributed by atoms with E-state index >= 15 is 0 Å². The van der Waals surface area contributed by atoms with Crippen LogP contribution < -0.4 is 14.8 Å². The lowest BCUT2D eigenvalue weighted by molar-refractivity contribution is -0.140. The van der Waals surface area contributed by atoms with Gasteiger partial charge in [0.25, 0.3) is 5.91 Å². The van der Waals surface area contributed by atoms with Crippen molar-refractivity contribution in [2.45, 2.75) is 20.0 Å². The summed E-state index contributed by atoms with van der Waals surface area (Å²) < 4.78 is 51.3. The molecule has 0 saturated heterocycles. The first-order valence-electron chi connectivity index (χ1n) is 7.54. The van der Waals surface area contributed by atoms with Gasteiger partial charge in [-0.2, -0.15) is 13.2 Å². The van der Waals surface area contributed by atoms with Gasteiger partial charge in [0.1, 0.15) is 6.54 Å². The molecule has 6 nitrogen and oxygen atoms in total. The second kappa shape index (κ2) is 9.51. The topological polar surface area (TPSA) is 73.9 Å². The average molecular weight is 398 g/mol. The molecule has 1 rings (SSSR count). The zero-order valence-corrected chi connectivity index (χ0v) is 15.2. The molecule has 0 fully saturated rings. The molecule has 10 heteroatoms. The molecular weight excluding hydrogens is 379 g/mol. The zero-order valence-electron chi connectivity index (χ0n) is 14.4. The number of hydrogen-bond donors (Lipinski definition) is 1. The number of halogens is 4. The Morgan fingerprint density at radius 1 is 1.27 bits per heavy atom. The molecule has 0 unspecified atom stereocenters. The Hall–Kier alpha value is -2.16. The fourth-order valence-corrected chi connectivity index (χ4v) is 1.96. The monoisotopic (exact) mass is 397 g/mol. The first-order valence-corrected chi connectivity index (χ1v) is 7.92. The molecule has 0 saturated carbocycles. The highest BCUT2D eigenvalue weighted by atomic mass is 35.5. The Labute approximate surface area is 153 Å². The summed E-state index contributed by atoms with van der Waals surface area (Å²) in [4.78, 5) is 23.2. The summed E-state index contributed by atoms with van der Waals surface area (Å²) in [5, 5.41) is 1.68. The van der Waals surface area contributed by atoms with Crippen molar-refractivity contribution in [1.29, 1.82) is 0 Å². The number of methoxy groups -OCH3 is 1. The molecule has 0 aliphatic rings. The van der Waals surface area contributed by atoms with Gasteiger partial charge in [-0.15, -0.1) is 0 Å². The molecule has 0 spiro atoms. The Morgan fingerprint density at radius 2 is 1.92 bits per heavy atom. The zero-order chi connectivity index (χ0) is 19.9. The first kappa shape index (κ1) is 21.9. The van der Waals surface area contributed by atoms with Crippen LogP contribution in [0.25, 0.3) is 0 Å². The van der Waals surface area contributed by atoms with E-state index in [-0.39, 0.29) is 28.0 Å². The molecule has 0 heterocycles. The molecule has 1 N–H and O–H groups in total. The van der Waals surface area contributed by atoms with Gasteiger partial charge in [0.05, 0.1) is 24.3 Å². The molecule has 0 atom stereocenters. The smallest absolute Gasteiger partial charge is 0.405 e. The van der Waals surface area contributed by atoms with Crippen molar-refractivity contribution < 1.29 is 37.0 Å². The largest absolute Gasteiger partial charge is 0.493 e. The summed E-state index contributed by atoms with van der Waals surface area (Å²) in [6.07, 6.45) is -4.55. The van der Waals surface area contributed by atoms with Crippen molar-refractivity contribution in [2.75, 3.05) is 26.9 Å². The minimum atomic E-state index is -4.55. The molecule has 0 aliphatic heterocycles. The fraction of sp³-hybridized carbons (Fsp3) is 0.500. The highest BCUT2D eigenvalue weighted by Gasteiger charge is 2.28. The van der Waals surface area contributed by atoms with Gasteiger partial charge in [0, 0.05) is 0 Å². The molecule has 0 bridgehead atoms. The summed E-state index contributed by atoms with van der Waals surface area (Å²) in [5.74, 6) is -1.35. The van der Waals surface area contributed by atoms with Crippen LogP contribution in [0.3, 0.4) is 0 Å². The third kappa shape index (κ3) is 7.38. The number of benzene rings is 1. The van der Waals surface area contributed by atoms with Gasteiger partial charge < -0.3 is 19.5 Å². The number of ether oxygens (including phenoxy) is 3. The van der Waals surface area contributed by atoms with E-state index in [0.717, 1.165) is 0 Å². The van der Waals surface area contributed by atoms with E-state index in [1.54, 1.807) is 5.32 Å². The van der Waals surface area contributed by atoms with Gasteiger partial charge in [-0.1, -0.05) is 25.4 Å². The van der Waals surface area contributed by atoms with E-state index in [9.17, 15) is 22.8 Å². The molecule has 0 aromatic heterocycles. The van der Waals surface area contributed by atoms with Crippen LogP contribution in [0.1, 0.15) is 24.2 Å². The van der Waals surface area contributed by atoms with Crippen LogP contribution in [-0.2, 0) is 9.53 Å². The van der Waals surface area contributed by atoms with Gasteiger partial charge in [-0.05, 0) is 18.1 Å². The highest BCUT2D eigenvalue weighted by molar-refractivity contribution is 6.32. The highest BCUT2D eigenvalue weighted by Crippen LogP contribution is 2.36. The molecule has 1 aromatic carbocycles. The Bertz CT molecular complexity index is 650. The average Bonchev–Trinajstić information content (AvgIpc) is 2.55. The van der Waals surface area contributed by atoms with Crippen molar-refractivity contribution >= 4 is 23.5 Å². The van der Waals surface area contributed by atoms with Gasteiger partial charge >= 0.3 is 12.1 Å². The van der Waals surface area contributed by atoms with Crippen molar-refractivity contribution in [3.63, 3.8) is 0 Å². The van der Waals surface area contributed by atoms with E-state index in [1.165, 1.54) is 19.2 Å². The normalized spacial score (nSPS) is 11.2. The molecule has 1 amide bonds. The van der Waals surface area contributed by atoms with E-state index in [1.807, 2.05) is 13.8 Å². The van der Waals surface area contributed by atoms with Gasteiger partial charge in [0.2, 0.25) is 0 Å². The Kier molecular flexibility index (Phi) is 8.01. The summed E-state index contributed by atoms with van der Waals surface area (Å²) in [5.41, 5.74) is -0.0348. The van der Waals surface area contributed by atoms with Gasteiger partial charge in [0.15, 0.2) is 18.1 Å². The molecular formula is C16H19ClF3NO5. The third-order valence-electron chi connectivity index (χ3n) is 2.85. The molecule has 26 heavy (non-hydrogen) atoms. The summed E-state index contributed by atoms with van der Waals surface area (Å²) in [7, 11) is 1.35. The van der Waals surface area contributed by atoms with Crippen LogP contribution in [0.5, 0.6) is 11.5 Å². The number of carbonyl (C=O) groups is 2. The van der Waals surface area contributed by atoms with Crippen molar-refractivity contribution in [3.8, 4) is 11.5 Å². The van der Waals surface area contributed by atoms with Crippen LogP contribution >= 0.6 is 11.6 Å². The number of esters is 1. The van der Waals surface area contributed by atoms with Crippen molar-refractivity contribution in [2.24, 2.45) is 5.92 Å². The lowest BCUT2D eigenvalue weighted by Crippen LogP contribution is -2.36. The number of hydrogen-bond acceptors (Lipinski definition) is 5. The Morgan fingerprint density at radius 3 is 2.46 bits per heavy atom. The molecule has 146 valence electrons. The van der Waals surface area contributed by atoms with E-state index in [2.05, 4.69) is 4.74 Å². The van der Waals surface area contributed by atoms with E-state index in [4.69, 9.17) is 21.1 Å². The SMILES string of the molecule is COc1cc(C(=O)OCC(=O)NCC(F)(F)F)cc(Cl)c1OCC(C)C. The number of rotatable bonds is 8. The number of amides is 1. The molecule has 0 aliphatic carbocycles. The van der Waals surface area contributed by atoms with Crippen LogP contribution in [0.2, 0.25) is 5.02 Å². The summed E-state index contributed by atoms with van der Waals surface area (Å²) in [6.45, 7) is 1.89. The van der Waals surface area contributed by atoms with Crippen LogP contribution in [0, 0.1) is 5.92 Å². The van der Waals surface area contributed by atoms with Crippen LogP contribution in [-0.4, -0.2) is 44.9 Å². The number of nitrogens with one attached hydrogen (secondary N) is 1. The Balaban J connectivity index is 2.74. The summed E-state index contributed by atoms with van der Waals surface area (Å²) in [6, 6.07) is 2.56. The molecule has 1 aromatic rings. The maximum Gasteiger partial charge on any atom is 0.405 e. The first-order chi connectivity index (χ1) is 12.0. The minimum absolute atomic E-state index is 0.0348. The standard InChI is InChI=1S/C16H19ClF3NO5/c1-9(2)6-25-14-11(17)4-10(5-12(14)24-3)15(23)26-7-13(22)21-8-16(18,19)20/h4-5,9H,6-8H2,1-3H3,(H,21,22). The lowest BCUT2D eigenvalue weighted by Gasteiger charge is -2.15.